The summed E-state index contributed by atoms with van der Waals surface area (Å²) in [5.41, 5.74) is 4.45. The van der Waals surface area contributed by atoms with Crippen molar-refractivity contribution in [2.45, 2.75) is 104 Å². The molecule has 0 spiro atoms. The summed E-state index contributed by atoms with van der Waals surface area (Å²) in [7, 11) is 0. The number of carbonyl (C=O) groups is 1. The predicted molar refractivity (Wildman–Crippen MR) is 146 cm³/mol. The summed E-state index contributed by atoms with van der Waals surface area (Å²) >= 11 is 0. The van der Waals surface area contributed by atoms with Crippen LogP contribution in [0.25, 0.3) is 6.08 Å². The topological polar surface area (TPSA) is 29.5 Å². The normalized spacial score (nSPS) is 43.6. The Bertz CT molecular complexity index is 1010. The number of hydrogen-bond acceptors (Lipinski definition) is 3. The second-order valence-corrected chi connectivity index (χ2v) is 13.7. The molecular weight excluding hydrogens is 442 g/mol. The van der Waals surface area contributed by atoms with Crippen molar-refractivity contribution in [2.24, 2.45) is 34.5 Å². The number of fused-ring (bicyclic) bond motifs is 5. The molecule has 0 aromatic heterocycles. The average molecular weight is 490 g/mol. The van der Waals surface area contributed by atoms with Crippen molar-refractivity contribution in [1.29, 1.82) is 0 Å². The second kappa shape index (κ2) is 9.29. The zero-order valence-electron chi connectivity index (χ0n) is 23.1. The minimum Gasteiger partial charge on any atom is -0.457 e. The van der Waals surface area contributed by atoms with Gasteiger partial charge in [-0.15, -0.1) is 0 Å². The summed E-state index contributed by atoms with van der Waals surface area (Å²) in [6.45, 7) is 11.5. The highest BCUT2D eigenvalue weighted by Gasteiger charge is 2.62. The van der Waals surface area contributed by atoms with Crippen molar-refractivity contribution < 1.29 is 9.53 Å². The van der Waals surface area contributed by atoms with Gasteiger partial charge in [-0.1, -0.05) is 49.8 Å². The summed E-state index contributed by atoms with van der Waals surface area (Å²) in [6.07, 6.45) is 15.8. The van der Waals surface area contributed by atoms with E-state index in [4.69, 9.17) is 4.74 Å². The molecule has 3 heteroatoms. The van der Waals surface area contributed by atoms with E-state index < -0.39 is 0 Å². The van der Waals surface area contributed by atoms with Crippen molar-refractivity contribution in [3.63, 3.8) is 0 Å². The van der Waals surface area contributed by atoms with E-state index in [0.717, 1.165) is 30.2 Å². The van der Waals surface area contributed by atoms with Crippen LogP contribution in [0.2, 0.25) is 0 Å². The summed E-state index contributed by atoms with van der Waals surface area (Å²) in [5, 5.41) is 0. The lowest BCUT2D eigenvalue weighted by Crippen LogP contribution is -2.55. The van der Waals surface area contributed by atoms with Crippen molar-refractivity contribution >= 4 is 12.0 Å². The fourth-order valence-corrected chi connectivity index (χ4v) is 9.90. The summed E-state index contributed by atoms with van der Waals surface area (Å²) in [6, 6.07) is 9.65. The molecule has 0 amide bonds. The minimum atomic E-state index is -0.130. The van der Waals surface area contributed by atoms with Gasteiger partial charge in [0.2, 0.25) is 0 Å². The number of hydrogen-bond donors (Lipinski definition) is 0. The number of likely N-dealkylation sites (tertiary alicyclic amines) is 1. The van der Waals surface area contributed by atoms with Crippen molar-refractivity contribution in [3.05, 3.63) is 41.0 Å². The molecule has 1 heterocycles. The zero-order valence-corrected chi connectivity index (χ0v) is 23.1. The molecular formula is C33H47NO2. The number of carbonyl (C=O) groups excluding carboxylic acids is 1. The Hall–Kier alpha value is -1.61. The number of benzene rings is 1. The molecule has 4 saturated carbocycles. The number of aryl methyl sites for hydroxylation is 1. The third-order valence-electron chi connectivity index (χ3n) is 11.8. The fraction of sp³-hybridized carbons (Fsp3) is 0.727. The van der Waals surface area contributed by atoms with Crippen LogP contribution in [0.15, 0.2) is 29.8 Å². The molecule has 5 fully saturated rings. The summed E-state index contributed by atoms with van der Waals surface area (Å²) in [4.78, 5) is 15.1. The minimum absolute atomic E-state index is 0.0688. The molecule has 3 nitrogen and oxygen atoms in total. The summed E-state index contributed by atoms with van der Waals surface area (Å²) < 4.78 is 6.16. The number of esters is 1. The van der Waals surface area contributed by atoms with Crippen LogP contribution >= 0.6 is 0 Å². The van der Waals surface area contributed by atoms with E-state index in [1.54, 1.807) is 6.92 Å². The highest BCUT2D eigenvalue weighted by molar-refractivity contribution is 5.67. The Morgan fingerprint density at radius 3 is 2.42 bits per heavy atom. The zero-order chi connectivity index (χ0) is 25.1. The lowest BCUT2D eigenvalue weighted by atomic mass is 9.45. The SMILES string of the molecule is CC(=O)O[C@H]1/C(=C/c2ccc(C)cc2)CC2C3CCC4C[C@@H](N5CCCC5)CC[C@]4(C)C3CC[C@@]21C. The van der Waals surface area contributed by atoms with Crippen molar-refractivity contribution in [2.75, 3.05) is 13.1 Å². The molecule has 196 valence electrons. The van der Waals surface area contributed by atoms with E-state index in [9.17, 15) is 4.79 Å². The van der Waals surface area contributed by atoms with Gasteiger partial charge in [0, 0.05) is 18.4 Å². The molecule has 1 aromatic carbocycles. The first-order valence-electron chi connectivity index (χ1n) is 15.0. The molecule has 0 N–H and O–H groups in total. The molecule has 36 heavy (non-hydrogen) atoms. The van der Waals surface area contributed by atoms with Crippen LogP contribution in [-0.4, -0.2) is 36.1 Å². The third-order valence-corrected chi connectivity index (χ3v) is 11.8. The number of nitrogens with zero attached hydrogens (tertiary/aromatic N) is 1. The van der Waals surface area contributed by atoms with Gasteiger partial charge >= 0.3 is 5.97 Å². The van der Waals surface area contributed by atoms with Gasteiger partial charge in [-0.2, -0.15) is 0 Å². The molecule has 0 radical (unpaired) electrons. The molecule has 4 unspecified atom stereocenters. The predicted octanol–water partition coefficient (Wildman–Crippen LogP) is 7.43. The summed E-state index contributed by atoms with van der Waals surface area (Å²) in [5.74, 6) is 3.01. The van der Waals surface area contributed by atoms with Gasteiger partial charge in [0.25, 0.3) is 0 Å². The van der Waals surface area contributed by atoms with Crippen molar-refractivity contribution in [1.82, 2.24) is 4.90 Å². The number of ether oxygens (including phenoxy) is 1. The fourth-order valence-electron chi connectivity index (χ4n) is 9.90. The van der Waals surface area contributed by atoms with Crippen molar-refractivity contribution in [3.8, 4) is 0 Å². The highest BCUT2D eigenvalue weighted by Crippen LogP contribution is 2.67. The molecule has 1 aromatic rings. The molecule has 1 aliphatic heterocycles. The van der Waals surface area contributed by atoms with Gasteiger partial charge in [0.15, 0.2) is 0 Å². The van der Waals surface area contributed by atoms with Gasteiger partial charge in [0.1, 0.15) is 6.10 Å². The van der Waals surface area contributed by atoms with Crippen LogP contribution in [0.4, 0.5) is 0 Å². The van der Waals surface area contributed by atoms with Gasteiger partial charge < -0.3 is 9.64 Å². The maximum Gasteiger partial charge on any atom is 0.303 e. The first-order valence-corrected chi connectivity index (χ1v) is 15.0. The maximum atomic E-state index is 12.3. The van der Waals surface area contributed by atoms with Crippen LogP contribution < -0.4 is 0 Å². The molecule has 0 bridgehead atoms. The lowest BCUT2D eigenvalue weighted by Gasteiger charge is -2.61. The van der Waals surface area contributed by atoms with Gasteiger partial charge in [-0.05, 0) is 124 Å². The second-order valence-electron chi connectivity index (χ2n) is 13.7. The first-order chi connectivity index (χ1) is 17.3. The molecule has 8 atom stereocenters. The van der Waals surface area contributed by atoms with Gasteiger partial charge in [-0.25, -0.2) is 0 Å². The Morgan fingerprint density at radius 2 is 1.69 bits per heavy atom. The number of rotatable bonds is 3. The highest BCUT2D eigenvalue weighted by atomic mass is 16.5. The van der Waals surface area contributed by atoms with E-state index in [1.165, 1.54) is 87.6 Å². The Labute approximate surface area is 219 Å². The monoisotopic (exact) mass is 489 g/mol. The maximum absolute atomic E-state index is 12.3. The van der Waals surface area contributed by atoms with E-state index >= 15 is 0 Å². The van der Waals surface area contributed by atoms with E-state index in [0.29, 0.717) is 11.3 Å². The Morgan fingerprint density at radius 1 is 0.972 bits per heavy atom. The smallest absolute Gasteiger partial charge is 0.303 e. The molecule has 6 rings (SSSR count). The van der Waals surface area contributed by atoms with Gasteiger partial charge in [0.05, 0.1) is 0 Å². The largest absolute Gasteiger partial charge is 0.457 e. The molecule has 5 aliphatic rings. The quantitative estimate of drug-likeness (QED) is 0.414. The van der Waals surface area contributed by atoms with Crippen LogP contribution in [0.1, 0.15) is 96.1 Å². The van der Waals surface area contributed by atoms with Crippen LogP contribution in [0, 0.1) is 41.4 Å². The Balaban J connectivity index is 1.26. The first kappa shape index (κ1) is 24.7. The Kier molecular flexibility index (Phi) is 6.38. The standard InChI is InChI=1S/C33H47NO2/c1-22-7-9-24(10-8-22)19-25-20-30-28-12-11-26-21-27(34-17-5-6-18-34)13-15-32(26,3)29(28)14-16-33(30,4)31(25)36-23(2)35/h7-10,19,26-31H,5-6,11-18,20-21H2,1-4H3/b25-19+/t26?,27-,28?,29?,30?,31-,32-,33-/m0/s1. The lowest BCUT2D eigenvalue weighted by molar-refractivity contribution is -0.160. The van der Waals surface area contributed by atoms with E-state index in [2.05, 4.69) is 56.0 Å². The average Bonchev–Trinajstić information content (AvgIpc) is 3.47. The van der Waals surface area contributed by atoms with Gasteiger partial charge in [-0.3, -0.25) is 4.79 Å². The van der Waals surface area contributed by atoms with Crippen LogP contribution in [0.5, 0.6) is 0 Å². The van der Waals surface area contributed by atoms with E-state index in [1.807, 2.05) is 0 Å². The molecule has 4 aliphatic carbocycles. The third kappa shape index (κ3) is 4.08. The van der Waals surface area contributed by atoms with E-state index in [-0.39, 0.29) is 17.5 Å². The van der Waals surface area contributed by atoms with Crippen LogP contribution in [0.3, 0.4) is 0 Å². The molecule has 1 saturated heterocycles. The van der Waals surface area contributed by atoms with Crippen LogP contribution in [-0.2, 0) is 9.53 Å².